The molecule has 0 bridgehead atoms. The lowest BCUT2D eigenvalue weighted by atomic mass is 9.77. The lowest BCUT2D eigenvalue weighted by Gasteiger charge is -2.27. The van der Waals surface area contributed by atoms with Crippen LogP contribution in [0.3, 0.4) is 0 Å². The summed E-state index contributed by atoms with van der Waals surface area (Å²) >= 11 is 0. The largest absolute Gasteiger partial charge is 0.0745 e. The molecule has 2 rings (SSSR count). The lowest BCUT2D eigenvalue weighted by molar-refractivity contribution is 0.336. The molecule has 0 nitrogen and oxygen atoms in total. The van der Waals surface area contributed by atoms with Gasteiger partial charge in [-0.2, -0.15) is 0 Å². The van der Waals surface area contributed by atoms with Gasteiger partial charge in [0.1, 0.15) is 0 Å². The normalized spacial score (nSPS) is 28.5. The molecule has 0 atom stereocenters. The van der Waals surface area contributed by atoms with Crippen molar-refractivity contribution in [1.29, 1.82) is 0 Å². The van der Waals surface area contributed by atoms with E-state index in [9.17, 15) is 0 Å². The Kier molecular flexibility index (Phi) is 1.63. The maximum atomic E-state index is 2.36. The van der Waals surface area contributed by atoms with Crippen molar-refractivity contribution < 1.29 is 0 Å². The van der Waals surface area contributed by atoms with Gasteiger partial charge in [0, 0.05) is 5.41 Å². The van der Waals surface area contributed by atoms with Gasteiger partial charge in [-0.25, -0.2) is 0 Å². The highest BCUT2D eigenvalue weighted by Gasteiger charge is 2.32. The molecule has 0 aliphatic heterocycles. The van der Waals surface area contributed by atoms with Crippen molar-refractivity contribution in [3.8, 4) is 0 Å². The van der Waals surface area contributed by atoms with E-state index in [0.717, 1.165) is 5.92 Å². The van der Waals surface area contributed by atoms with Crippen molar-refractivity contribution in [3.63, 3.8) is 0 Å². The van der Waals surface area contributed by atoms with Crippen molar-refractivity contribution in [2.24, 2.45) is 11.3 Å². The molecule has 0 spiro atoms. The van der Waals surface area contributed by atoms with E-state index in [1.165, 1.54) is 25.7 Å². The minimum atomic E-state index is 0.413. The van der Waals surface area contributed by atoms with Crippen LogP contribution in [-0.2, 0) is 0 Å². The fourth-order valence-corrected chi connectivity index (χ4v) is 2.40. The van der Waals surface area contributed by atoms with Crippen LogP contribution < -0.4 is 0 Å². The quantitative estimate of drug-likeness (QED) is 0.535. The van der Waals surface area contributed by atoms with E-state index in [2.05, 4.69) is 31.2 Å². The maximum absolute atomic E-state index is 2.36. The standard InChI is InChI=1S/C11H16/c1-11(8-4-5-9-11)10-6-2-3-7-10/h4-5,8-10H,2-3,6-7H2,1H3. The van der Waals surface area contributed by atoms with E-state index in [1.54, 1.807) is 0 Å². The molecule has 2 aliphatic rings. The van der Waals surface area contributed by atoms with Crippen LogP contribution in [0.25, 0.3) is 0 Å². The number of rotatable bonds is 1. The Hall–Kier alpha value is -0.520. The van der Waals surface area contributed by atoms with Gasteiger partial charge in [-0.3, -0.25) is 0 Å². The van der Waals surface area contributed by atoms with Crippen molar-refractivity contribution in [1.82, 2.24) is 0 Å². The number of allylic oxidation sites excluding steroid dienone is 4. The average molecular weight is 148 g/mol. The Morgan fingerprint density at radius 3 is 2.18 bits per heavy atom. The second kappa shape index (κ2) is 2.51. The van der Waals surface area contributed by atoms with Gasteiger partial charge in [0.15, 0.2) is 0 Å². The summed E-state index contributed by atoms with van der Waals surface area (Å²) in [6.45, 7) is 2.36. The lowest BCUT2D eigenvalue weighted by Crippen LogP contribution is -2.18. The van der Waals surface area contributed by atoms with Crippen LogP contribution in [-0.4, -0.2) is 0 Å². The molecule has 0 heterocycles. The topological polar surface area (TPSA) is 0 Å². The van der Waals surface area contributed by atoms with E-state index in [0.29, 0.717) is 5.41 Å². The van der Waals surface area contributed by atoms with Crippen molar-refractivity contribution >= 4 is 0 Å². The van der Waals surface area contributed by atoms with Crippen molar-refractivity contribution in [2.45, 2.75) is 32.6 Å². The first-order chi connectivity index (χ1) is 5.31. The first-order valence-corrected chi connectivity index (χ1v) is 4.68. The molecular weight excluding hydrogens is 132 g/mol. The molecule has 0 N–H and O–H groups in total. The highest BCUT2D eigenvalue weighted by molar-refractivity contribution is 5.25. The third-order valence-electron chi connectivity index (χ3n) is 3.26. The van der Waals surface area contributed by atoms with Gasteiger partial charge in [-0.1, -0.05) is 44.1 Å². The van der Waals surface area contributed by atoms with Gasteiger partial charge in [0.25, 0.3) is 0 Å². The SMILES string of the molecule is CC1(C2CCCC2)C=CC=C1. The van der Waals surface area contributed by atoms with Crippen LogP contribution in [0.5, 0.6) is 0 Å². The zero-order valence-electron chi connectivity index (χ0n) is 7.22. The van der Waals surface area contributed by atoms with E-state index >= 15 is 0 Å². The Morgan fingerprint density at radius 1 is 1.09 bits per heavy atom. The van der Waals surface area contributed by atoms with E-state index in [1.807, 2.05) is 0 Å². The molecule has 0 heteroatoms. The van der Waals surface area contributed by atoms with Crippen LogP contribution in [0, 0.1) is 11.3 Å². The summed E-state index contributed by atoms with van der Waals surface area (Å²) in [6.07, 6.45) is 14.9. The molecule has 2 aliphatic carbocycles. The summed E-state index contributed by atoms with van der Waals surface area (Å²) in [5.74, 6) is 0.928. The van der Waals surface area contributed by atoms with Crippen LogP contribution in [0.2, 0.25) is 0 Å². The maximum Gasteiger partial charge on any atom is 0.00671 e. The minimum Gasteiger partial charge on any atom is -0.0745 e. The summed E-state index contributed by atoms with van der Waals surface area (Å²) in [5.41, 5.74) is 0.413. The average Bonchev–Trinajstić information content (AvgIpc) is 2.55. The van der Waals surface area contributed by atoms with E-state index in [-0.39, 0.29) is 0 Å². The molecule has 0 aromatic heterocycles. The Bertz CT molecular complexity index is 180. The molecular formula is C11H16. The van der Waals surface area contributed by atoms with Crippen LogP contribution >= 0.6 is 0 Å². The predicted molar refractivity (Wildman–Crippen MR) is 48.3 cm³/mol. The summed E-state index contributed by atoms with van der Waals surface area (Å²) in [4.78, 5) is 0. The molecule has 11 heavy (non-hydrogen) atoms. The Morgan fingerprint density at radius 2 is 1.64 bits per heavy atom. The molecule has 0 unspecified atom stereocenters. The Labute approximate surface area is 69.0 Å². The van der Waals surface area contributed by atoms with Crippen molar-refractivity contribution in [3.05, 3.63) is 24.3 Å². The van der Waals surface area contributed by atoms with Gasteiger partial charge in [0.2, 0.25) is 0 Å². The van der Waals surface area contributed by atoms with Crippen molar-refractivity contribution in [2.75, 3.05) is 0 Å². The fraction of sp³-hybridized carbons (Fsp3) is 0.636. The molecule has 0 aromatic rings. The zero-order valence-corrected chi connectivity index (χ0v) is 7.22. The Balaban J connectivity index is 2.13. The second-order valence-electron chi connectivity index (χ2n) is 4.07. The smallest absolute Gasteiger partial charge is 0.00671 e. The van der Waals surface area contributed by atoms with Crippen LogP contribution in [0.15, 0.2) is 24.3 Å². The summed E-state index contributed by atoms with van der Waals surface area (Å²) in [5, 5.41) is 0. The third kappa shape index (κ3) is 1.15. The highest BCUT2D eigenvalue weighted by Crippen LogP contribution is 2.43. The summed E-state index contributed by atoms with van der Waals surface area (Å²) in [6, 6.07) is 0. The molecule has 1 saturated carbocycles. The van der Waals surface area contributed by atoms with Gasteiger partial charge < -0.3 is 0 Å². The van der Waals surface area contributed by atoms with E-state index in [4.69, 9.17) is 0 Å². The summed E-state index contributed by atoms with van der Waals surface area (Å²) < 4.78 is 0. The zero-order chi connectivity index (χ0) is 7.73. The molecule has 0 saturated heterocycles. The predicted octanol–water partition coefficient (Wildman–Crippen LogP) is 3.31. The molecule has 0 aromatic carbocycles. The van der Waals surface area contributed by atoms with Gasteiger partial charge in [0.05, 0.1) is 0 Å². The van der Waals surface area contributed by atoms with Crippen LogP contribution in [0.1, 0.15) is 32.6 Å². The number of hydrogen-bond acceptors (Lipinski definition) is 0. The minimum absolute atomic E-state index is 0.413. The molecule has 0 amide bonds. The molecule has 0 radical (unpaired) electrons. The van der Waals surface area contributed by atoms with Gasteiger partial charge in [-0.05, 0) is 18.8 Å². The van der Waals surface area contributed by atoms with Crippen LogP contribution in [0.4, 0.5) is 0 Å². The highest BCUT2D eigenvalue weighted by atomic mass is 14.4. The van der Waals surface area contributed by atoms with Gasteiger partial charge >= 0.3 is 0 Å². The number of hydrogen-bond donors (Lipinski definition) is 0. The second-order valence-corrected chi connectivity index (χ2v) is 4.07. The monoisotopic (exact) mass is 148 g/mol. The first-order valence-electron chi connectivity index (χ1n) is 4.68. The van der Waals surface area contributed by atoms with E-state index < -0.39 is 0 Å². The first kappa shape index (κ1) is 7.15. The molecule has 1 fully saturated rings. The third-order valence-corrected chi connectivity index (χ3v) is 3.26. The fourth-order valence-electron chi connectivity index (χ4n) is 2.40. The summed E-state index contributed by atoms with van der Waals surface area (Å²) in [7, 11) is 0. The molecule has 60 valence electrons. The van der Waals surface area contributed by atoms with Gasteiger partial charge in [-0.15, -0.1) is 0 Å².